The minimum absolute atomic E-state index is 0.351. The number of fused-ring (bicyclic) bond motifs is 1. The van der Waals surface area contributed by atoms with Gasteiger partial charge >= 0.3 is 11.9 Å². The molecular weight excluding hydrogens is 536 g/mol. The van der Waals surface area contributed by atoms with E-state index in [-0.39, 0.29) is 0 Å². The maximum Gasteiger partial charge on any atom is 0.315 e. The summed E-state index contributed by atoms with van der Waals surface area (Å²) in [4.78, 5) is 26.8. The van der Waals surface area contributed by atoms with Crippen LogP contribution in [0.2, 0.25) is 0 Å². The third-order valence-corrected chi connectivity index (χ3v) is 8.03. The molecule has 42 heavy (non-hydrogen) atoms. The molecule has 1 heterocycles. The van der Waals surface area contributed by atoms with Gasteiger partial charge in [0.15, 0.2) is 11.5 Å². The molecule has 4 atom stereocenters. The van der Waals surface area contributed by atoms with E-state index in [1.807, 2.05) is 54.6 Å². The molecule has 0 radical (unpaired) electrons. The van der Waals surface area contributed by atoms with Gasteiger partial charge in [0.1, 0.15) is 30.5 Å². The zero-order chi connectivity index (χ0) is 29.2. The minimum Gasteiger partial charge on any atom is -0.496 e. The van der Waals surface area contributed by atoms with E-state index >= 15 is 0 Å². The third-order valence-electron chi connectivity index (χ3n) is 8.03. The first-order chi connectivity index (χ1) is 20.5. The Bertz CT molecular complexity index is 1570. The number of carbonyl (C=O) groups excluding carboxylic acids is 1. The number of aliphatic carboxylic acids is 1. The van der Waals surface area contributed by atoms with E-state index in [9.17, 15) is 14.7 Å². The van der Waals surface area contributed by atoms with Crippen molar-refractivity contribution in [1.82, 2.24) is 0 Å². The number of esters is 1. The second-order valence-corrected chi connectivity index (χ2v) is 10.2. The van der Waals surface area contributed by atoms with Crippen molar-refractivity contribution in [3.05, 3.63) is 102 Å². The van der Waals surface area contributed by atoms with Crippen LogP contribution in [-0.2, 0) is 9.59 Å². The van der Waals surface area contributed by atoms with Crippen molar-refractivity contribution in [2.24, 2.45) is 11.8 Å². The topological polar surface area (TPSA) is 101 Å². The molecule has 1 fully saturated rings. The van der Waals surface area contributed by atoms with E-state index in [1.54, 1.807) is 36.4 Å². The van der Waals surface area contributed by atoms with Crippen LogP contribution in [-0.4, -0.2) is 44.5 Å². The lowest BCUT2D eigenvalue weighted by atomic mass is 9.52. The van der Waals surface area contributed by atoms with Gasteiger partial charge in [-0.15, -0.1) is 0 Å². The first-order valence-electron chi connectivity index (χ1n) is 13.7. The quantitative estimate of drug-likeness (QED) is 0.206. The average Bonchev–Trinajstić information content (AvgIpc) is 3.00. The molecule has 8 heteroatoms. The Balaban J connectivity index is 1.36. The van der Waals surface area contributed by atoms with Crippen molar-refractivity contribution in [2.45, 2.75) is 11.8 Å². The van der Waals surface area contributed by atoms with Gasteiger partial charge in [-0.2, -0.15) is 0 Å². The Morgan fingerprint density at radius 1 is 0.690 bits per heavy atom. The Morgan fingerprint density at radius 2 is 1.29 bits per heavy atom. The van der Waals surface area contributed by atoms with Crippen LogP contribution < -0.4 is 23.7 Å². The van der Waals surface area contributed by atoms with E-state index < -0.39 is 35.6 Å². The fourth-order valence-corrected chi connectivity index (χ4v) is 6.15. The number of hydrogen-bond donors (Lipinski definition) is 1. The Morgan fingerprint density at radius 3 is 1.90 bits per heavy atom. The molecule has 0 saturated heterocycles. The Kier molecular flexibility index (Phi) is 7.44. The summed E-state index contributed by atoms with van der Waals surface area (Å²) >= 11 is 0. The highest BCUT2D eigenvalue weighted by atomic mass is 16.6. The summed E-state index contributed by atoms with van der Waals surface area (Å²) in [5.74, 6) is -1.87. The Labute approximate surface area is 243 Å². The summed E-state index contributed by atoms with van der Waals surface area (Å²) in [6.45, 7) is 0.987. The molecule has 1 aliphatic carbocycles. The van der Waals surface area contributed by atoms with Crippen LogP contribution in [0.1, 0.15) is 23.0 Å². The molecule has 8 nitrogen and oxygen atoms in total. The van der Waals surface area contributed by atoms with Crippen molar-refractivity contribution in [1.29, 1.82) is 0 Å². The molecule has 1 aliphatic heterocycles. The lowest BCUT2D eigenvalue weighted by Crippen LogP contribution is -2.52. The molecule has 1 unspecified atom stereocenters. The lowest BCUT2D eigenvalue weighted by molar-refractivity contribution is -0.158. The zero-order valence-corrected chi connectivity index (χ0v) is 23.2. The number of carbonyl (C=O) groups is 2. The second-order valence-electron chi connectivity index (χ2n) is 10.2. The minimum atomic E-state index is -1.01. The molecule has 0 amide bonds. The highest BCUT2D eigenvalue weighted by Crippen LogP contribution is 2.60. The maximum absolute atomic E-state index is 14.0. The summed E-state index contributed by atoms with van der Waals surface area (Å²) in [6.07, 6.45) is 0. The summed E-state index contributed by atoms with van der Waals surface area (Å²) in [7, 11) is 3.06. The van der Waals surface area contributed by atoms with Gasteiger partial charge in [-0.1, -0.05) is 54.6 Å². The molecule has 214 valence electrons. The number of ether oxygens (including phenoxy) is 5. The number of carboxylic acids is 1. The zero-order valence-electron chi connectivity index (χ0n) is 23.2. The van der Waals surface area contributed by atoms with Crippen LogP contribution in [0.25, 0.3) is 11.1 Å². The average molecular weight is 567 g/mol. The number of hydrogen-bond acceptors (Lipinski definition) is 7. The van der Waals surface area contributed by atoms with Gasteiger partial charge in [-0.25, -0.2) is 0 Å². The van der Waals surface area contributed by atoms with Gasteiger partial charge in [0.25, 0.3) is 0 Å². The number of methoxy groups -OCH3 is 2. The smallest absolute Gasteiger partial charge is 0.315 e. The standard InChI is InChI=1S/C34H30O8/c1-38-25-12-5-3-10-23(25)29-31(33(35)36)30(24-11-4-6-13-26(24)39-2)32(29)34(37)42-22-9-7-8-20(18-22)21-14-15-27-28(19-21)41-17-16-40-27/h3-15,18-19,29-32H,16-17H2,1-2H3,(H,35,36)/t29-,30?,31-,32+/m1/s1. The van der Waals surface area contributed by atoms with Crippen LogP contribution in [0.5, 0.6) is 28.7 Å². The van der Waals surface area contributed by atoms with Gasteiger partial charge < -0.3 is 28.8 Å². The predicted octanol–water partition coefficient (Wildman–Crippen LogP) is 5.95. The summed E-state index contributed by atoms with van der Waals surface area (Å²) in [5, 5.41) is 10.4. The molecule has 2 aliphatic rings. The van der Waals surface area contributed by atoms with Gasteiger partial charge in [0.05, 0.1) is 26.1 Å². The van der Waals surface area contributed by atoms with E-state index in [4.69, 9.17) is 23.7 Å². The molecule has 4 aromatic carbocycles. The summed E-state index contributed by atoms with van der Waals surface area (Å²) in [5.41, 5.74) is 3.00. The first-order valence-corrected chi connectivity index (χ1v) is 13.7. The first kappa shape index (κ1) is 27.2. The van der Waals surface area contributed by atoms with Crippen LogP contribution in [0, 0.1) is 11.8 Å². The van der Waals surface area contributed by atoms with Crippen molar-refractivity contribution >= 4 is 11.9 Å². The van der Waals surface area contributed by atoms with Gasteiger partial charge in [0.2, 0.25) is 0 Å². The number of rotatable bonds is 8. The van der Waals surface area contributed by atoms with E-state index in [0.29, 0.717) is 53.1 Å². The van der Waals surface area contributed by atoms with Crippen LogP contribution >= 0.6 is 0 Å². The van der Waals surface area contributed by atoms with Crippen molar-refractivity contribution in [3.63, 3.8) is 0 Å². The van der Waals surface area contributed by atoms with Crippen molar-refractivity contribution < 1.29 is 38.4 Å². The normalized spacial score (nSPS) is 20.6. The molecule has 1 saturated carbocycles. The molecular formula is C34H30O8. The molecule has 4 aromatic rings. The molecule has 0 spiro atoms. The highest BCUT2D eigenvalue weighted by molar-refractivity contribution is 5.86. The van der Waals surface area contributed by atoms with E-state index in [2.05, 4.69) is 0 Å². The van der Waals surface area contributed by atoms with Gasteiger partial charge in [-0.05, 0) is 58.7 Å². The molecule has 0 bridgehead atoms. The number of benzene rings is 4. The van der Waals surface area contributed by atoms with E-state index in [0.717, 1.165) is 11.1 Å². The van der Waals surface area contributed by atoms with Crippen LogP contribution in [0.4, 0.5) is 0 Å². The Hall–Kier alpha value is -4.98. The van der Waals surface area contributed by atoms with Gasteiger partial charge in [0, 0.05) is 11.8 Å². The van der Waals surface area contributed by atoms with Crippen molar-refractivity contribution in [2.75, 3.05) is 27.4 Å². The highest BCUT2D eigenvalue weighted by Gasteiger charge is 2.60. The fraction of sp³-hybridized carbons (Fsp3) is 0.235. The monoisotopic (exact) mass is 566 g/mol. The lowest BCUT2D eigenvalue weighted by Gasteiger charge is -2.49. The predicted molar refractivity (Wildman–Crippen MR) is 155 cm³/mol. The van der Waals surface area contributed by atoms with E-state index in [1.165, 1.54) is 14.2 Å². The molecule has 0 aromatic heterocycles. The van der Waals surface area contributed by atoms with Crippen LogP contribution in [0.15, 0.2) is 91.0 Å². The summed E-state index contributed by atoms with van der Waals surface area (Å²) in [6, 6.07) is 27.3. The largest absolute Gasteiger partial charge is 0.496 e. The number of carboxylic acid groups (broad SMARTS) is 1. The maximum atomic E-state index is 14.0. The third kappa shape index (κ3) is 4.89. The van der Waals surface area contributed by atoms with Crippen LogP contribution in [0.3, 0.4) is 0 Å². The second kappa shape index (κ2) is 11.5. The van der Waals surface area contributed by atoms with Crippen molar-refractivity contribution in [3.8, 4) is 39.9 Å². The SMILES string of the molecule is COc1ccccc1C1[C@@H](C(=O)Oc2cccc(-c3ccc4c(c3)OCCO4)c2)[C@H](c2ccccc2OC)[C@H]1C(=O)O. The van der Waals surface area contributed by atoms with Gasteiger partial charge in [-0.3, -0.25) is 9.59 Å². The fourth-order valence-electron chi connectivity index (χ4n) is 6.15. The molecule has 6 rings (SSSR count). The molecule has 1 N–H and O–H groups in total. The summed E-state index contributed by atoms with van der Waals surface area (Å²) < 4.78 is 28.5. The number of para-hydroxylation sites is 2.